The van der Waals surface area contributed by atoms with Crippen LogP contribution in [-0.4, -0.2) is 22.9 Å². The molecule has 4 unspecified atom stereocenters. The second-order valence-corrected chi connectivity index (χ2v) is 6.34. The molecule has 2 saturated carbocycles. The summed E-state index contributed by atoms with van der Waals surface area (Å²) in [7, 11) is 4.09. The number of aryl methyl sites for hydroxylation is 1. The zero-order valence-electron chi connectivity index (χ0n) is 11.6. The molecule has 2 fully saturated rings. The zero-order valence-corrected chi connectivity index (χ0v) is 11.6. The maximum absolute atomic E-state index is 4.50. The van der Waals surface area contributed by atoms with Gasteiger partial charge in [0.2, 0.25) is 0 Å². The van der Waals surface area contributed by atoms with Crippen LogP contribution in [-0.2, 0) is 13.5 Å². The SMILES string of the molecule is CNC(Cc1ccn(C)n1)CC1CC2CCC1C2. The third-order valence-electron chi connectivity index (χ3n) is 5.10. The molecule has 0 spiro atoms. The number of aromatic nitrogens is 2. The minimum Gasteiger partial charge on any atom is -0.317 e. The van der Waals surface area contributed by atoms with E-state index in [0.717, 1.165) is 24.2 Å². The van der Waals surface area contributed by atoms with E-state index in [9.17, 15) is 0 Å². The van der Waals surface area contributed by atoms with Crippen LogP contribution in [0.25, 0.3) is 0 Å². The van der Waals surface area contributed by atoms with E-state index < -0.39 is 0 Å². The first-order chi connectivity index (χ1) is 8.74. The fourth-order valence-electron chi connectivity index (χ4n) is 4.16. The van der Waals surface area contributed by atoms with Crippen LogP contribution in [0.5, 0.6) is 0 Å². The summed E-state index contributed by atoms with van der Waals surface area (Å²) in [5.41, 5.74) is 1.22. The molecule has 2 aliphatic rings. The van der Waals surface area contributed by atoms with Gasteiger partial charge in [-0.05, 0) is 56.6 Å². The Balaban J connectivity index is 1.56. The molecular formula is C15H25N3. The van der Waals surface area contributed by atoms with Gasteiger partial charge >= 0.3 is 0 Å². The van der Waals surface area contributed by atoms with Gasteiger partial charge in [-0.1, -0.05) is 6.42 Å². The molecule has 100 valence electrons. The fourth-order valence-corrected chi connectivity index (χ4v) is 4.16. The predicted molar refractivity (Wildman–Crippen MR) is 73.3 cm³/mol. The molecule has 1 aromatic rings. The van der Waals surface area contributed by atoms with Crippen LogP contribution >= 0.6 is 0 Å². The van der Waals surface area contributed by atoms with Crippen molar-refractivity contribution in [3.63, 3.8) is 0 Å². The minimum atomic E-state index is 0.601. The van der Waals surface area contributed by atoms with Gasteiger partial charge in [-0.25, -0.2) is 0 Å². The van der Waals surface area contributed by atoms with Gasteiger partial charge in [-0.2, -0.15) is 5.10 Å². The quantitative estimate of drug-likeness (QED) is 0.866. The monoisotopic (exact) mass is 247 g/mol. The van der Waals surface area contributed by atoms with Gasteiger partial charge in [-0.15, -0.1) is 0 Å². The molecule has 1 heterocycles. The zero-order chi connectivity index (χ0) is 12.5. The Kier molecular flexibility index (Phi) is 3.42. The first kappa shape index (κ1) is 12.2. The molecule has 4 atom stereocenters. The first-order valence-electron chi connectivity index (χ1n) is 7.40. The maximum Gasteiger partial charge on any atom is 0.0639 e. The molecular weight excluding hydrogens is 222 g/mol. The highest BCUT2D eigenvalue weighted by Gasteiger charge is 2.39. The smallest absolute Gasteiger partial charge is 0.0639 e. The summed E-state index contributed by atoms with van der Waals surface area (Å²) in [6, 6.07) is 2.75. The average Bonchev–Trinajstić information content (AvgIpc) is 3.05. The minimum absolute atomic E-state index is 0.601. The molecule has 1 aromatic heterocycles. The summed E-state index contributed by atoms with van der Waals surface area (Å²) >= 11 is 0. The van der Waals surface area contributed by atoms with Crippen LogP contribution in [0.2, 0.25) is 0 Å². The number of rotatable bonds is 5. The Bertz CT molecular complexity index is 398. The Labute approximate surface area is 110 Å². The number of nitrogens with zero attached hydrogens (tertiary/aromatic N) is 2. The highest BCUT2D eigenvalue weighted by molar-refractivity contribution is 5.02. The van der Waals surface area contributed by atoms with Crippen LogP contribution in [0.1, 0.15) is 37.8 Å². The molecule has 0 amide bonds. The molecule has 1 N–H and O–H groups in total. The normalized spacial score (nSPS) is 32.0. The molecule has 0 aromatic carbocycles. The molecule has 3 heteroatoms. The van der Waals surface area contributed by atoms with Gasteiger partial charge in [-0.3, -0.25) is 4.68 Å². The van der Waals surface area contributed by atoms with Crippen LogP contribution in [0.4, 0.5) is 0 Å². The van der Waals surface area contributed by atoms with Gasteiger partial charge in [0.15, 0.2) is 0 Å². The predicted octanol–water partition coefficient (Wildman–Crippen LogP) is 2.38. The third kappa shape index (κ3) is 2.46. The molecule has 3 rings (SSSR count). The Morgan fingerprint density at radius 2 is 2.33 bits per heavy atom. The lowest BCUT2D eigenvalue weighted by Crippen LogP contribution is -2.31. The van der Waals surface area contributed by atoms with Gasteiger partial charge in [0.1, 0.15) is 0 Å². The summed E-state index contributed by atoms with van der Waals surface area (Å²) in [4.78, 5) is 0. The summed E-state index contributed by atoms with van der Waals surface area (Å²) in [6.45, 7) is 0. The highest BCUT2D eigenvalue weighted by Crippen LogP contribution is 2.49. The summed E-state index contributed by atoms with van der Waals surface area (Å²) in [5, 5.41) is 7.99. The van der Waals surface area contributed by atoms with Crippen molar-refractivity contribution in [1.82, 2.24) is 15.1 Å². The van der Waals surface area contributed by atoms with Crippen molar-refractivity contribution >= 4 is 0 Å². The van der Waals surface area contributed by atoms with Crippen molar-refractivity contribution < 1.29 is 0 Å². The van der Waals surface area contributed by atoms with Crippen LogP contribution in [0.3, 0.4) is 0 Å². The van der Waals surface area contributed by atoms with Crippen molar-refractivity contribution in [2.75, 3.05) is 7.05 Å². The first-order valence-corrected chi connectivity index (χ1v) is 7.40. The van der Waals surface area contributed by atoms with Crippen LogP contribution in [0.15, 0.2) is 12.3 Å². The van der Waals surface area contributed by atoms with Crippen molar-refractivity contribution in [3.8, 4) is 0 Å². The van der Waals surface area contributed by atoms with E-state index in [4.69, 9.17) is 0 Å². The standard InChI is InChI=1S/C15H25N3/c1-16-15(10-14-5-6-18(2)17-14)9-13-8-11-3-4-12(13)7-11/h5-6,11-13,15-16H,3-4,7-10H2,1-2H3. The maximum atomic E-state index is 4.50. The third-order valence-corrected chi connectivity index (χ3v) is 5.10. The Morgan fingerprint density at radius 3 is 2.89 bits per heavy atom. The number of fused-ring (bicyclic) bond motifs is 2. The van der Waals surface area contributed by atoms with Crippen molar-refractivity contribution in [3.05, 3.63) is 18.0 Å². The number of nitrogens with one attached hydrogen (secondary N) is 1. The van der Waals surface area contributed by atoms with E-state index in [2.05, 4.69) is 23.5 Å². The number of hydrogen-bond acceptors (Lipinski definition) is 2. The van der Waals surface area contributed by atoms with E-state index in [-0.39, 0.29) is 0 Å². The van der Waals surface area contributed by atoms with E-state index in [0.29, 0.717) is 6.04 Å². The van der Waals surface area contributed by atoms with E-state index in [1.807, 2.05) is 17.9 Å². The lowest BCUT2D eigenvalue weighted by molar-refractivity contribution is 0.281. The summed E-state index contributed by atoms with van der Waals surface area (Å²) < 4.78 is 1.90. The van der Waals surface area contributed by atoms with E-state index >= 15 is 0 Å². The molecule has 0 aliphatic heterocycles. The lowest BCUT2D eigenvalue weighted by Gasteiger charge is -2.26. The van der Waals surface area contributed by atoms with Crippen molar-refractivity contribution in [2.24, 2.45) is 24.8 Å². The largest absolute Gasteiger partial charge is 0.317 e. The van der Waals surface area contributed by atoms with Gasteiger partial charge in [0.05, 0.1) is 5.69 Å². The lowest BCUT2D eigenvalue weighted by atomic mass is 9.83. The molecule has 2 aliphatic carbocycles. The summed E-state index contributed by atoms with van der Waals surface area (Å²) in [6.07, 6.45) is 10.5. The molecule has 2 bridgehead atoms. The van der Waals surface area contributed by atoms with Gasteiger partial charge in [0, 0.05) is 25.7 Å². The summed E-state index contributed by atoms with van der Waals surface area (Å²) in [5.74, 6) is 3.08. The van der Waals surface area contributed by atoms with Gasteiger partial charge < -0.3 is 5.32 Å². The number of likely N-dealkylation sites (N-methyl/N-ethyl adjacent to an activating group) is 1. The average molecular weight is 247 g/mol. The number of hydrogen-bond donors (Lipinski definition) is 1. The Morgan fingerprint density at radius 1 is 1.44 bits per heavy atom. The van der Waals surface area contributed by atoms with E-state index in [1.54, 1.807) is 0 Å². The van der Waals surface area contributed by atoms with Crippen LogP contribution in [0, 0.1) is 17.8 Å². The van der Waals surface area contributed by atoms with Crippen molar-refractivity contribution in [2.45, 2.75) is 44.6 Å². The van der Waals surface area contributed by atoms with Crippen LogP contribution < -0.4 is 5.32 Å². The van der Waals surface area contributed by atoms with E-state index in [1.165, 1.54) is 37.8 Å². The van der Waals surface area contributed by atoms with Crippen molar-refractivity contribution in [1.29, 1.82) is 0 Å². The molecule has 3 nitrogen and oxygen atoms in total. The van der Waals surface area contributed by atoms with Gasteiger partial charge in [0.25, 0.3) is 0 Å². The molecule has 18 heavy (non-hydrogen) atoms. The second kappa shape index (κ2) is 5.04. The second-order valence-electron chi connectivity index (χ2n) is 6.34. The molecule has 0 radical (unpaired) electrons. The fraction of sp³-hybridized carbons (Fsp3) is 0.800. The molecule has 0 saturated heterocycles. The Hall–Kier alpha value is -0.830. The topological polar surface area (TPSA) is 29.9 Å². The highest BCUT2D eigenvalue weighted by atomic mass is 15.2.